The molecule has 0 atom stereocenters. The molecule has 1 aromatic rings. The van der Waals surface area contributed by atoms with Gasteiger partial charge in [-0.2, -0.15) is 0 Å². The lowest BCUT2D eigenvalue weighted by molar-refractivity contribution is -0.115. The number of aromatic nitrogens is 4. The maximum Gasteiger partial charge on any atom is 0.227 e. The van der Waals surface area contributed by atoms with E-state index in [4.69, 9.17) is 5.73 Å². The van der Waals surface area contributed by atoms with E-state index in [1.807, 2.05) is 0 Å². The molecule has 3 N–H and O–H groups in total. The van der Waals surface area contributed by atoms with Gasteiger partial charge in [0.1, 0.15) is 0 Å². The number of nitrogens with one attached hydrogen (secondary N) is 1. The summed E-state index contributed by atoms with van der Waals surface area (Å²) in [5.41, 5.74) is 5.06. The van der Waals surface area contributed by atoms with E-state index in [9.17, 15) is 4.79 Å². The van der Waals surface area contributed by atoms with Crippen LogP contribution in [0.5, 0.6) is 0 Å². The molecule has 0 bridgehead atoms. The van der Waals surface area contributed by atoms with Crippen molar-refractivity contribution in [2.45, 2.75) is 25.5 Å². The van der Waals surface area contributed by atoms with Crippen molar-refractivity contribution in [3.8, 4) is 0 Å². The predicted molar refractivity (Wildman–Crippen MR) is 65.4 cm³/mol. The highest BCUT2D eigenvalue weighted by Crippen LogP contribution is 2.11. The van der Waals surface area contributed by atoms with Gasteiger partial charge in [-0.1, -0.05) is 25.6 Å². The van der Waals surface area contributed by atoms with E-state index in [1.165, 1.54) is 11.8 Å². The molecule has 0 aliphatic heterocycles. The smallest absolute Gasteiger partial charge is 0.227 e. The van der Waals surface area contributed by atoms with Gasteiger partial charge >= 0.3 is 0 Å². The van der Waals surface area contributed by atoms with E-state index in [0.717, 1.165) is 13.1 Å². The van der Waals surface area contributed by atoms with Gasteiger partial charge in [-0.15, -0.1) is 5.10 Å². The molecule has 96 valence electrons. The molecule has 1 rings (SSSR count). The summed E-state index contributed by atoms with van der Waals surface area (Å²) in [6, 6.07) is 0. The lowest BCUT2D eigenvalue weighted by Gasteiger charge is -2.07. The van der Waals surface area contributed by atoms with E-state index in [-0.39, 0.29) is 11.7 Å². The van der Waals surface area contributed by atoms with Crippen LogP contribution in [-0.4, -0.2) is 45.0 Å². The van der Waals surface area contributed by atoms with Crippen LogP contribution in [0.15, 0.2) is 5.16 Å². The van der Waals surface area contributed by atoms with Gasteiger partial charge in [0.15, 0.2) is 0 Å². The third-order valence-electron chi connectivity index (χ3n) is 1.90. The monoisotopic (exact) mass is 258 g/mol. The fourth-order valence-corrected chi connectivity index (χ4v) is 1.79. The third-order valence-corrected chi connectivity index (χ3v) is 2.87. The van der Waals surface area contributed by atoms with Gasteiger partial charge in [-0.3, -0.25) is 4.79 Å². The second-order valence-electron chi connectivity index (χ2n) is 4.04. The zero-order chi connectivity index (χ0) is 12.7. The first kappa shape index (κ1) is 13.9. The molecule has 17 heavy (non-hydrogen) atoms. The van der Waals surface area contributed by atoms with Crippen molar-refractivity contribution < 1.29 is 4.79 Å². The Morgan fingerprint density at radius 2 is 2.35 bits per heavy atom. The molecular weight excluding hydrogens is 240 g/mol. The average Bonchev–Trinajstić information content (AvgIpc) is 2.68. The third kappa shape index (κ3) is 5.64. The summed E-state index contributed by atoms with van der Waals surface area (Å²) in [4.78, 5) is 10.7. The molecule has 1 heterocycles. The van der Waals surface area contributed by atoms with E-state index in [2.05, 4.69) is 34.7 Å². The number of amides is 1. The van der Waals surface area contributed by atoms with Gasteiger partial charge in [-0.25, -0.2) is 4.68 Å². The minimum atomic E-state index is -0.373. The van der Waals surface area contributed by atoms with Crippen molar-refractivity contribution >= 4 is 17.7 Å². The largest absolute Gasteiger partial charge is 0.369 e. The Labute approximate surface area is 105 Å². The summed E-state index contributed by atoms with van der Waals surface area (Å²) in [5.74, 6) is 0.440. The van der Waals surface area contributed by atoms with Crippen molar-refractivity contribution in [3.63, 3.8) is 0 Å². The highest BCUT2D eigenvalue weighted by molar-refractivity contribution is 7.99. The second-order valence-corrected chi connectivity index (χ2v) is 4.98. The van der Waals surface area contributed by atoms with E-state index >= 15 is 0 Å². The molecule has 0 fully saturated rings. The van der Waals surface area contributed by atoms with Crippen LogP contribution in [0.2, 0.25) is 0 Å². The van der Waals surface area contributed by atoms with E-state index in [1.54, 1.807) is 4.68 Å². The zero-order valence-electron chi connectivity index (χ0n) is 10.1. The zero-order valence-corrected chi connectivity index (χ0v) is 10.9. The number of tetrazole rings is 1. The summed E-state index contributed by atoms with van der Waals surface area (Å²) in [5, 5.41) is 15.2. The standard InChI is InChI=1S/C9H18N6OS/c1-7(2)5-11-3-4-15-9(12-13-14-15)17-6-8(10)16/h7,11H,3-6H2,1-2H3,(H2,10,16). The van der Waals surface area contributed by atoms with Crippen LogP contribution in [0.4, 0.5) is 0 Å². The molecule has 0 aliphatic rings. The number of nitrogens with two attached hydrogens (primary N) is 1. The molecule has 0 spiro atoms. The van der Waals surface area contributed by atoms with Gasteiger partial charge in [0.25, 0.3) is 0 Å². The number of hydrogen-bond donors (Lipinski definition) is 2. The SMILES string of the molecule is CC(C)CNCCn1nnnc1SCC(N)=O. The van der Waals surface area contributed by atoms with Crippen molar-refractivity contribution in [1.82, 2.24) is 25.5 Å². The van der Waals surface area contributed by atoms with Crippen LogP contribution in [0.1, 0.15) is 13.8 Å². The van der Waals surface area contributed by atoms with Gasteiger partial charge in [-0.05, 0) is 22.9 Å². The minimum absolute atomic E-state index is 0.194. The molecule has 0 aromatic carbocycles. The Balaban J connectivity index is 2.32. The molecule has 0 saturated carbocycles. The number of carbonyl (C=O) groups excluding carboxylic acids is 1. The van der Waals surface area contributed by atoms with E-state index < -0.39 is 0 Å². The second kappa shape index (κ2) is 7.23. The summed E-state index contributed by atoms with van der Waals surface area (Å²) in [6.07, 6.45) is 0. The van der Waals surface area contributed by atoms with Crippen molar-refractivity contribution in [2.24, 2.45) is 11.7 Å². The van der Waals surface area contributed by atoms with Crippen molar-refractivity contribution in [1.29, 1.82) is 0 Å². The molecule has 8 heteroatoms. The summed E-state index contributed by atoms with van der Waals surface area (Å²) in [6.45, 7) is 6.75. The molecule has 7 nitrogen and oxygen atoms in total. The Hall–Kier alpha value is -1.15. The molecule has 0 unspecified atom stereocenters. The molecule has 0 saturated heterocycles. The first-order chi connectivity index (χ1) is 8.09. The predicted octanol–water partition coefficient (Wildman–Crippen LogP) is -0.504. The fourth-order valence-electron chi connectivity index (χ4n) is 1.15. The Morgan fingerprint density at radius 3 is 3.00 bits per heavy atom. The molecule has 1 aromatic heterocycles. The molecular formula is C9H18N6OS. The quantitative estimate of drug-likeness (QED) is 0.481. The van der Waals surface area contributed by atoms with Crippen LogP contribution in [0, 0.1) is 5.92 Å². The maximum absolute atomic E-state index is 10.7. The van der Waals surface area contributed by atoms with Crippen LogP contribution < -0.4 is 11.1 Å². The number of rotatable bonds is 8. The highest BCUT2D eigenvalue weighted by Gasteiger charge is 2.07. The van der Waals surface area contributed by atoms with Gasteiger partial charge in [0.05, 0.1) is 12.3 Å². The molecule has 0 aliphatic carbocycles. The lowest BCUT2D eigenvalue weighted by atomic mass is 10.2. The van der Waals surface area contributed by atoms with Gasteiger partial charge in [0.2, 0.25) is 11.1 Å². The fraction of sp³-hybridized carbons (Fsp3) is 0.778. The maximum atomic E-state index is 10.7. The first-order valence-electron chi connectivity index (χ1n) is 5.47. The Kier molecular flexibility index (Phi) is 5.92. The van der Waals surface area contributed by atoms with Crippen LogP contribution in [0.3, 0.4) is 0 Å². The van der Waals surface area contributed by atoms with Crippen molar-refractivity contribution in [2.75, 3.05) is 18.8 Å². The number of nitrogens with zero attached hydrogens (tertiary/aromatic N) is 4. The topological polar surface area (TPSA) is 98.7 Å². The lowest BCUT2D eigenvalue weighted by Crippen LogP contribution is -2.24. The first-order valence-corrected chi connectivity index (χ1v) is 6.46. The average molecular weight is 258 g/mol. The summed E-state index contributed by atoms with van der Waals surface area (Å²) in [7, 11) is 0. The van der Waals surface area contributed by atoms with Crippen LogP contribution in [-0.2, 0) is 11.3 Å². The summed E-state index contributed by atoms with van der Waals surface area (Å²) >= 11 is 1.25. The number of thioether (sulfide) groups is 1. The highest BCUT2D eigenvalue weighted by atomic mass is 32.2. The minimum Gasteiger partial charge on any atom is -0.369 e. The normalized spacial score (nSPS) is 11.0. The van der Waals surface area contributed by atoms with Crippen molar-refractivity contribution in [3.05, 3.63) is 0 Å². The number of carbonyl (C=O) groups is 1. The molecule has 1 amide bonds. The van der Waals surface area contributed by atoms with Gasteiger partial charge < -0.3 is 11.1 Å². The Bertz CT molecular complexity index is 353. The number of hydrogen-bond acceptors (Lipinski definition) is 6. The summed E-state index contributed by atoms with van der Waals surface area (Å²) < 4.78 is 1.67. The Morgan fingerprint density at radius 1 is 1.59 bits per heavy atom. The van der Waals surface area contributed by atoms with E-state index in [0.29, 0.717) is 17.6 Å². The molecule has 0 radical (unpaired) electrons. The number of primary amides is 1. The van der Waals surface area contributed by atoms with Crippen LogP contribution >= 0.6 is 11.8 Å². The van der Waals surface area contributed by atoms with Crippen LogP contribution in [0.25, 0.3) is 0 Å². The van der Waals surface area contributed by atoms with Gasteiger partial charge in [0, 0.05) is 6.54 Å².